The van der Waals surface area contributed by atoms with Gasteiger partial charge in [-0.05, 0) is 54.6 Å². The molecule has 8 amide bonds. The molecule has 0 fully saturated rings. The van der Waals surface area contributed by atoms with Gasteiger partial charge in [-0.1, -0.05) is 66.7 Å². The summed E-state index contributed by atoms with van der Waals surface area (Å²) in [4.78, 5) is 126. The Labute approximate surface area is 442 Å². The molecule has 0 saturated carbocycles. The van der Waals surface area contributed by atoms with E-state index in [1.54, 1.807) is 73.1 Å². The first-order valence-electron chi connectivity index (χ1n) is 24.1. The van der Waals surface area contributed by atoms with Crippen molar-refractivity contribution in [2.24, 2.45) is 11.5 Å². The molecule has 402 valence electrons. The number of nitrogens with two attached hydrogens (primary N) is 2. The lowest BCUT2D eigenvalue weighted by molar-refractivity contribution is -0.141. The molecule has 5 aromatic rings. The number of carboxylic acid groups (broad SMARTS) is 1. The van der Waals surface area contributed by atoms with Crippen LogP contribution in [0.25, 0.3) is 21.8 Å². The summed E-state index contributed by atoms with van der Waals surface area (Å²) in [6.07, 6.45) is 3.89. The van der Waals surface area contributed by atoms with Gasteiger partial charge >= 0.3 is 5.97 Å². The number of carbonyl (C=O) groups is 9. The van der Waals surface area contributed by atoms with Crippen molar-refractivity contribution in [3.8, 4) is 0 Å². The minimum atomic E-state index is -1.67. The molecule has 3 aromatic carbocycles. The number of benzene rings is 3. The fourth-order valence-corrected chi connectivity index (χ4v) is 8.32. The number of fused-ring (bicyclic) bond motifs is 2. The number of amides is 8. The van der Waals surface area contributed by atoms with Crippen LogP contribution in [0.5, 0.6) is 0 Å². The second-order valence-electron chi connectivity index (χ2n) is 17.5. The van der Waals surface area contributed by atoms with Gasteiger partial charge in [-0.25, -0.2) is 4.79 Å². The molecular formula is C50H64N12O11S2. The molecule has 16 N–H and O–H groups in total. The maximum Gasteiger partial charge on any atom is 0.327 e. The summed E-state index contributed by atoms with van der Waals surface area (Å²) in [6.45, 7) is -1.95. The second-order valence-corrected chi connectivity index (χ2v) is 18.2. The number of aliphatic hydroxyl groups is 1. The number of para-hydroxylation sites is 2. The molecule has 0 aliphatic rings. The average Bonchev–Trinajstić information content (AvgIpc) is 4.02. The van der Waals surface area contributed by atoms with Gasteiger partial charge in [-0.3, -0.25) is 38.4 Å². The zero-order valence-corrected chi connectivity index (χ0v) is 42.6. The first kappa shape index (κ1) is 58.4. The molecule has 0 aliphatic carbocycles. The van der Waals surface area contributed by atoms with Crippen molar-refractivity contribution in [3.63, 3.8) is 0 Å². The number of hydrogen-bond acceptors (Lipinski definition) is 14. The standard InChI is InChI=1S/C50H64N12O11S2/c51-17-9-8-16-36(46(68)60-37(18-28-10-2-1-3-11-28)47(69)62-41(27-75)50(72)73)59-48(70)39(20-30-22-54-35-15-7-5-13-32(30)35)61-49(71)40(25-63)58-43(65)24-56-45(67)38(57-42(64)23-55-44(66)33(52)26-74)19-29-21-53-34-14-6-4-12-31(29)34/h1-7,10-15,21-22,33,36-41,53-54,63,74-75H,8-9,16-20,23-27,51-52H2,(H,55,66)(H,56,67)(H,57,64)(H,58,65)(H,59,70)(H,60,68)(H,61,71)(H,62,69)(H,72,73). The average molecular weight is 1070 g/mol. The molecule has 5 rings (SSSR count). The van der Waals surface area contributed by atoms with Gasteiger partial charge in [0.25, 0.3) is 0 Å². The van der Waals surface area contributed by atoms with E-state index in [1.807, 2.05) is 18.2 Å². The summed E-state index contributed by atoms with van der Waals surface area (Å²) in [7, 11) is 0. The number of aliphatic hydroxyl groups excluding tert-OH is 1. The van der Waals surface area contributed by atoms with E-state index in [1.165, 1.54) is 0 Å². The first-order valence-corrected chi connectivity index (χ1v) is 25.3. The predicted octanol–water partition coefficient (Wildman–Crippen LogP) is -1.79. The van der Waals surface area contributed by atoms with Crippen molar-refractivity contribution in [3.05, 3.63) is 108 Å². The number of rotatable bonds is 30. The highest BCUT2D eigenvalue weighted by molar-refractivity contribution is 7.80. The van der Waals surface area contributed by atoms with Crippen LogP contribution in [0.2, 0.25) is 0 Å². The minimum Gasteiger partial charge on any atom is -0.480 e. The summed E-state index contributed by atoms with van der Waals surface area (Å²) in [6, 6.07) is 13.7. The molecule has 2 heterocycles. The summed E-state index contributed by atoms with van der Waals surface area (Å²) >= 11 is 8.02. The molecule has 0 aliphatic heterocycles. The SMILES string of the molecule is NCCCCC(NC(=O)C(Cc1c[nH]c2ccccc12)NC(=O)C(CO)NC(=O)CNC(=O)C(Cc1c[nH]c2ccccc12)NC(=O)CNC(=O)C(N)CS)C(=O)NC(Cc1ccccc1)C(=O)NC(CS)C(=O)O. The van der Waals surface area contributed by atoms with E-state index < -0.39 is 115 Å². The Morgan fingerprint density at radius 3 is 1.49 bits per heavy atom. The molecule has 25 heteroatoms. The third-order valence-electron chi connectivity index (χ3n) is 12.0. The summed E-state index contributed by atoms with van der Waals surface area (Å²) < 4.78 is 0. The van der Waals surface area contributed by atoms with Crippen molar-refractivity contribution < 1.29 is 53.4 Å². The van der Waals surface area contributed by atoms with Gasteiger partial charge in [0.2, 0.25) is 47.3 Å². The van der Waals surface area contributed by atoms with Crippen LogP contribution < -0.4 is 54.0 Å². The highest BCUT2D eigenvalue weighted by Crippen LogP contribution is 2.21. The van der Waals surface area contributed by atoms with Crippen molar-refractivity contribution in [1.82, 2.24) is 52.5 Å². The number of aliphatic carboxylic acids is 1. The highest BCUT2D eigenvalue weighted by atomic mass is 32.1. The fraction of sp³-hybridized carbons (Fsp3) is 0.380. The predicted molar refractivity (Wildman–Crippen MR) is 285 cm³/mol. The Bertz CT molecular complexity index is 2780. The van der Waals surface area contributed by atoms with E-state index in [0.717, 1.165) is 16.4 Å². The number of aromatic amines is 2. The van der Waals surface area contributed by atoms with E-state index in [2.05, 4.69) is 77.8 Å². The zero-order valence-electron chi connectivity index (χ0n) is 40.8. The summed E-state index contributed by atoms with van der Waals surface area (Å²) in [5.41, 5.74) is 14.8. The Morgan fingerprint density at radius 1 is 0.520 bits per heavy atom. The zero-order chi connectivity index (χ0) is 54.4. The number of unbranched alkanes of at least 4 members (excludes halogenated alkanes) is 1. The lowest BCUT2D eigenvalue weighted by Gasteiger charge is -2.27. The van der Waals surface area contributed by atoms with Gasteiger partial charge in [0.15, 0.2) is 0 Å². The molecule has 0 saturated heterocycles. The monoisotopic (exact) mass is 1070 g/mol. The number of aromatic nitrogens is 2. The Morgan fingerprint density at radius 2 is 0.973 bits per heavy atom. The number of carboxylic acids is 1. The van der Waals surface area contributed by atoms with Crippen LogP contribution in [0.3, 0.4) is 0 Å². The summed E-state index contributed by atoms with van der Waals surface area (Å²) in [5.74, 6) is -8.13. The van der Waals surface area contributed by atoms with Crippen LogP contribution in [0.4, 0.5) is 0 Å². The Balaban J connectivity index is 1.32. The van der Waals surface area contributed by atoms with Gasteiger partial charge in [0.1, 0.15) is 36.3 Å². The van der Waals surface area contributed by atoms with Crippen LogP contribution in [0, 0.1) is 0 Å². The minimum absolute atomic E-state index is 0.0238. The third kappa shape index (κ3) is 17.6. The van der Waals surface area contributed by atoms with E-state index in [9.17, 15) is 53.4 Å². The van der Waals surface area contributed by atoms with Gasteiger partial charge < -0.3 is 74.2 Å². The molecule has 23 nitrogen and oxygen atoms in total. The van der Waals surface area contributed by atoms with Gasteiger partial charge in [-0.2, -0.15) is 25.3 Å². The number of hydrogen-bond donors (Lipinski definition) is 16. The smallest absolute Gasteiger partial charge is 0.327 e. The van der Waals surface area contributed by atoms with Crippen molar-refractivity contribution in [2.45, 2.75) is 80.8 Å². The molecule has 7 atom stereocenters. The van der Waals surface area contributed by atoms with E-state index in [-0.39, 0.29) is 43.7 Å². The number of H-pyrrole nitrogens is 2. The van der Waals surface area contributed by atoms with Crippen LogP contribution in [-0.4, -0.2) is 153 Å². The van der Waals surface area contributed by atoms with Crippen molar-refractivity contribution in [1.29, 1.82) is 0 Å². The lowest BCUT2D eigenvalue weighted by Crippen LogP contribution is -2.60. The molecule has 7 unspecified atom stereocenters. The topological polar surface area (TPSA) is 374 Å². The van der Waals surface area contributed by atoms with Gasteiger partial charge in [0, 0.05) is 65.0 Å². The van der Waals surface area contributed by atoms with E-state index in [4.69, 9.17) is 11.5 Å². The van der Waals surface area contributed by atoms with E-state index >= 15 is 0 Å². The molecule has 75 heavy (non-hydrogen) atoms. The molecule has 0 bridgehead atoms. The second kappa shape index (κ2) is 29.4. The van der Waals surface area contributed by atoms with Crippen LogP contribution in [-0.2, 0) is 62.4 Å². The number of nitrogens with one attached hydrogen (secondary N) is 10. The van der Waals surface area contributed by atoms with Crippen LogP contribution in [0.1, 0.15) is 36.0 Å². The van der Waals surface area contributed by atoms with Gasteiger partial charge in [0.05, 0.1) is 25.7 Å². The maximum absolute atomic E-state index is 14.5. The number of carbonyl (C=O) groups excluding carboxylic acids is 8. The maximum atomic E-state index is 14.5. The van der Waals surface area contributed by atoms with Crippen LogP contribution >= 0.6 is 25.3 Å². The molecule has 2 aromatic heterocycles. The quantitative estimate of drug-likeness (QED) is 0.0179. The van der Waals surface area contributed by atoms with Crippen molar-refractivity contribution >= 4 is 100 Å². The first-order chi connectivity index (χ1) is 36.0. The lowest BCUT2D eigenvalue weighted by atomic mass is 10.0. The molecular weight excluding hydrogens is 1010 g/mol. The van der Waals surface area contributed by atoms with Gasteiger partial charge in [-0.15, -0.1) is 0 Å². The number of thiol groups is 2. The Kier molecular flexibility index (Phi) is 22.9. The normalized spacial score (nSPS) is 13.9. The fourth-order valence-electron chi connectivity index (χ4n) is 7.91. The highest BCUT2D eigenvalue weighted by Gasteiger charge is 2.33. The summed E-state index contributed by atoms with van der Waals surface area (Å²) in [5, 5.41) is 41.6. The third-order valence-corrected chi connectivity index (χ3v) is 12.7. The molecule has 0 spiro atoms. The van der Waals surface area contributed by atoms with Crippen molar-refractivity contribution in [2.75, 3.05) is 37.7 Å². The van der Waals surface area contributed by atoms with Crippen LogP contribution in [0.15, 0.2) is 91.3 Å². The molecule has 0 radical (unpaired) electrons. The van der Waals surface area contributed by atoms with E-state index in [0.29, 0.717) is 34.9 Å². The largest absolute Gasteiger partial charge is 0.480 e. The Hall–Kier alpha value is -7.45.